The molecule has 0 fully saturated rings. The first-order valence-corrected chi connectivity index (χ1v) is 8.81. The molecule has 5 nitrogen and oxygen atoms in total. The minimum absolute atomic E-state index is 0.126. The van der Waals surface area contributed by atoms with Gasteiger partial charge in [-0.1, -0.05) is 26.0 Å². The Hall–Kier alpha value is -2.08. The Kier molecular flexibility index (Phi) is 5.83. The van der Waals surface area contributed by atoms with Gasteiger partial charge in [0.15, 0.2) is 0 Å². The van der Waals surface area contributed by atoms with Crippen LogP contribution >= 0.6 is 11.8 Å². The van der Waals surface area contributed by atoms with Gasteiger partial charge in [-0.2, -0.15) is 5.10 Å². The maximum Gasteiger partial charge on any atom is 0.277 e. The highest BCUT2D eigenvalue weighted by molar-refractivity contribution is 7.99. The molecule has 24 heavy (non-hydrogen) atoms. The molecule has 128 valence electrons. The Labute approximate surface area is 146 Å². The number of amides is 1. The van der Waals surface area contributed by atoms with Crippen molar-refractivity contribution in [2.75, 3.05) is 0 Å². The lowest BCUT2D eigenvalue weighted by Crippen LogP contribution is -2.33. The zero-order valence-electron chi connectivity index (χ0n) is 14.6. The molecule has 2 N–H and O–H groups in total. The van der Waals surface area contributed by atoms with Crippen molar-refractivity contribution in [3.8, 4) is 0 Å². The molecule has 0 aliphatic rings. The van der Waals surface area contributed by atoms with Crippen LogP contribution in [-0.4, -0.2) is 21.4 Å². The number of aryl methyl sites for hydroxylation is 1. The zero-order valence-corrected chi connectivity index (χ0v) is 15.5. The number of carbonyl (C=O) groups is 1. The normalized spacial score (nSPS) is 12.2. The number of hydrogen-bond acceptors (Lipinski definition) is 4. The van der Waals surface area contributed by atoms with E-state index in [2.05, 4.69) is 41.5 Å². The van der Waals surface area contributed by atoms with Gasteiger partial charge < -0.3 is 5.32 Å². The maximum absolute atomic E-state index is 12.5. The first-order chi connectivity index (χ1) is 11.3. The van der Waals surface area contributed by atoms with Crippen molar-refractivity contribution >= 4 is 17.7 Å². The summed E-state index contributed by atoms with van der Waals surface area (Å²) in [4.78, 5) is 25.6. The van der Waals surface area contributed by atoms with Crippen LogP contribution in [0.15, 0.2) is 34.0 Å². The molecule has 1 heterocycles. The highest BCUT2D eigenvalue weighted by Gasteiger charge is 2.18. The molecule has 2 aromatic rings. The SMILES string of the molecule is Cc1n[nH]c(=O)c(C(=O)N[C@@H](C)c2ccc(SC(C)C)cc2)c1C. The summed E-state index contributed by atoms with van der Waals surface area (Å²) in [5.74, 6) is -0.382. The molecule has 0 saturated heterocycles. The quantitative estimate of drug-likeness (QED) is 0.815. The average molecular weight is 345 g/mol. The summed E-state index contributed by atoms with van der Waals surface area (Å²) < 4.78 is 0. The minimum atomic E-state index is -0.466. The maximum atomic E-state index is 12.5. The number of H-pyrrole nitrogens is 1. The molecule has 0 bridgehead atoms. The van der Waals surface area contributed by atoms with E-state index in [4.69, 9.17) is 0 Å². The van der Waals surface area contributed by atoms with Crippen LogP contribution in [0.4, 0.5) is 0 Å². The largest absolute Gasteiger partial charge is 0.345 e. The molecular weight excluding hydrogens is 322 g/mol. The number of hydrogen-bond donors (Lipinski definition) is 2. The summed E-state index contributed by atoms with van der Waals surface area (Å²) in [5, 5.41) is 9.65. The highest BCUT2D eigenvalue weighted by Crippen LogP contribution is 2.24. The first-order valence-electron chi connectivity index (χ1n) is 7.93. The fourth-order valence-electron chi connectivity index (χ4n) is 2.36. The Morgan fingerprint density at radius 1 is 1.17 bits per heavy atom. The van der Waals surface area contributed by atoms with Gasteiger partial charge >= 0.3 is 0 Å². The third kappa shape index (κ3) is 4.26. The molecule has 0 aliphatic carbocycles. The van der Waals surface area contributed by atoms with Crippen LogP contribution in [0.2, 0.25) is 0 Å². The first kappa shape index (κ1) is 18.3. The third-order valence-electron chi connectivity index (χ3n) is 3.80. The van der Waals surface area contributed by atoms with Crippen molar-refractivity contribution in [1.82, 2.24) is 15.5 Å². The van der Waals surface area contributed by atoms with E-state index < -0.39 is 5.56 Å². The van der Waals surface area contributed by atoms with Gasteiger partial charge in [-0.25, -0.2) is 5.10 Å². The lowest BCUT2D eigenvalue weighted by atomic mass is 10.1. The number of aromatic nitrogens is 2. The molecule has 2 rings (SSSR count). The second-order valence-electron chi connectivity index (χ2n) is 6.07. The lowest BCUT2D eigenvalue weighted by molar-refractivity contribution is 0.0937. The minimum Gasteiger partial charge on any atom is -0.345 e. The van der Waals surface area contributed by atoms with Crippen LogP contribution in [0, 0.1) is 13.8 Å². The summed E-state index contributed by atoms with van der Waals surface area (Å²) in [6.45, 7) is 9.70. The molecule has 6 heteroatoms. The highest BCUT2D eigenvalue weighted by atomic mass is 32.2. The van der Waals surface area contributed by atoms with Gasteiger partial charge in [-0.3, -0.25) is 9.59 Å². The molecule has 1 aromatic carbocycles. The van der Waals surface area contributed by atoms with Gasteiger partial charge in [0, 0.05) is 10.1 Å². The monoisotopic (exact) mass is 345 g/mol. The second kappa shape index (κ2) is 7.66. The van der Waals surface area contributed by atoms with E-state index in [1.54, 1.807) is 25.6 Å². The molecule has 0 unspecified atom stereocenters. The molecule has 0 aliphatic heterocycles. The van der Waals surface area contributed by atoms with Crippen LogP contribution in [0.1, 0.15) is 54.0 Å². The van der Waals surface area contributed by atoms with Crippen LogP contribution in [-0.2, 0) is 0 Å². The van der Waals surface area contributed by atoms with Gasteiger partial charge in [0.05, 0.1) is 11.7 Å². The van der Waals surface area contributed by atoms with Gasteiger partial charge in [0.2, 0.25) is 0 Å². The Balaban J connectivity index is 2.15. The second-order valence-corrected chi connectivity index (χ2v) is 7.72. The number of nitrogens with one attached hydrogen (secondary N) is 2. The summed E-state index contributed by atoms with van der Waals surface area (Å²) >= 11 is 1.80. The number of aromatic amines is 1. The predicted octanol–water partition coefficient (Wildman–Crippen LogP) is 3.38. The molecule has 1 amide bonds. The summed E-state index contributed by atoms with van der Waals surface area (Å²) in [6.07, 6.45) is 0. The fraction of sp³-hybridized carbons (Fsp3) is 0.389. The van der Waals surface area contributed by atoms with E-state index in [0.717, 1.165) is 5.56 Å². The average Bonchev–Trinajstić information content (AvgIpc) is 2.51. The van der Waals surface area contributed by atoms with Crippen LogP contribution in [0.3, 0.4) is 0 Å². The number of benzene rings is 1. The zero-order chi connectivity index (χ0) is 17.9. The van der Waals surface area contributed by atoms with Crippen molar-refractivity contribution in [1.29, 1.82) is 0 Å². The molecule has 1 aromatic heterocycles. The molecule has 0 saturated carbocycles. The number of thioether (sulfide) groups is 1. The van der Waals surface area contributed by atoms with Crippen LogP contribution in [0.5, 0.6) is 0 Å². The fourth-order valence-corrected chi connectivity index (χ4v) is 3.20. The van der Waals surface area contributed by atoms with Gasteiger partial charge in [-0.15, -0.1) is 11.8 Å². The van der Waals surface area contributed by atoms with E-state index in [1.807, 2.05) is 19.1 Å². The number of nitrogens with zero attached hydrogens (tertiary/aromatic N) is 1. The van der Waals surface area contributed by atoms with E-state index >= 15 is 0 Å². The van der Waals surface area contributed by atoms with Crippen molar-refractivity contribution < 1.29 is 4.79 Å². The van der Waals surface area contributed by atoms with Crippen molar-refractivity contribution in [3.63, 3.8) is 0 Å². The van der Waals surface area contributed by atoms with Gasteiger partial charge in [-0.05, 0) is 44.0 Å². The molecule has 1 atom stereocenters. The van der Waals surface area contributed by atoms with Gasteiger partial charge in [0.25, 0.3) is 11.5 Å². The summed E-state index contributed by atoms with van der Waals surface area (Å²) in [7, 11) is 0. The third-order valence-corrected chi connectivity index (χ3v) is 4.81. The van der Waals surface area contributed by atoms with Crippen LogP contribution in [0.25, 0.3) is 0 Å². The summed E-state index contributed by atoms with van der Waals surface area (Å²) in [5.41, 5.74) is 1.90. The Morgan fingerprint density at radius 2 is 1.79 bits per heavy atom. The van der Waals surface area contributed by atoms with E-state index in [9.17, 15) is 9.59 Å². The number of rotatable bonds is 5. The standard InChI is InChI=1S/C18H23N3O2S/c1-10(2)24-15-8-6-14(7-9-15)13(5)19-17(22)16-11(3)12(4)20-21-18(16)23/h6-10,13H,1-5H3,(H,19,22)(H,21,23)/t13-/m0/s1. The summed E-state index contributed by atoms with van der Waals surface area (Å²) in [6, 6.07) is 7.92. The van der Waals surface area contributed by atoms with E-state index in [-0.39, 0.29) is 17.5 Å². The Morgan fingerprint density at radius 3 is 2.38 bits per heavy atom. The van der Waals surface area contributed by atoms with Crippen molar-refractivity contribution in [2.24, 2.45) is 0 Å². The van der Waals surface area contributed by atoms with E-state index in [0.29, 0.717) is 16.5 Å². The molecule has 0 spiro atoms. The van der Waals surface area contributed by atoms with Crippen LogP contribution < -0.4 is 10.9 Å². The lowest BCUT2D eigenvalue weighted by Gasteiger charge is -2.16. The van der Waals surface area contributed by atoms with E-state index in [1.165, 1.54) is 4.90 Å². The number of carbonyl (C=O) groups excluding carboxylic acids is 1. The molecule has 0 radical (unpaired) electrons. The molecular formula is C18H23N3O2S. The topological polar surface area (TPSA) is 74.8 Å². The predicted molar refractivity (Wildman–Crippen MR) is 97.6 cm³/mol. The smallest absolute Gasteiger partial charge is 0.277 e. The Bertz CT molecular complexity index is 782. The van der Waals surface area contributed by atoms with Crippen molar-refractivity contribution in [2.45, 2.75) is 50.8 Å². The van der Waals surface area contributed by atoms with Gasteiger partial charge in [0.1, 0.15) is 5.56 Å². The van der Waals surface area contributed by atoms with Crippen molar-refractivity contribution in [3.05, 3.63) is 57.0 Å².